The van der Waals surface area contributed by atoms with Gasteiger partial charge in [-0.15, -0.1) is 0 Å². The van der Waals surface area contributed by atoms with Crippen LogP contribution in [0.1, 0.15) is 25.5 Å². The maximum Gasteiger partial charge on any atom is 0.317 e. The van der Waals surface area contributed by atoms with Gasteiger partial charge in [-0.2, -0.15) is 5.10 Å². The zero-order chi connectivity index (χ0) is 15.9. The Hall–Kier alpha value is -2.50. The summed E-state index contributed by atoms with van der Waals surface area (Å²) in [4.78, 5) is 14.1. The molecule has 2 rings (SSSR count). The zero-order valence-electron chi connectivity index (χ0n) is 12.9. The zero-order valence-corrected chi connectivity index (χ0v) is 12.9. The van der Waals surface area contributed by atoms with Crippen LogP contribution in [-0.4, -0.2) is 38.9 Å². The van der Waals surface area contributed by atoms with E-state index in [1.165, 1.54) is 0 Å². The molecule has 2 aromatic rings. The molecule has 1 atom stereocenters. The van der Waals surface area contributed by atoms with Gasteiger partial charge in [0.05, 0.1) is 12.6 Å². The van der Waals surface area contributed by atoms with E-state index in [9.17, 15) is 9.90 Å². The van der Waals surface area contributed by atoms with Crippen LogP contribution in [0.4, 0.5) is 4.79 Å². The summed E-state index contributed by atoms with van der Waals surface area (Å²) in [5.74, 6) is 0.190. The quantitative estimate of drug-likeness (QED) is 0.860. The molecule has 0 spiro atoms. The maximum absolute atomic E-state index is 12.3. The number of carbonyl (C=O) groups is 1. The molecule has 0 bridgehead atoms. The third-order valence-corrected chi connectivity index (χ3v) is 3.57. The fourth-order valence-electron chi connectivity index (χ4n) is 2.27. The molecule has 2 N–H and O–H groups in total. The smallest absolute Gasteiger partial charge is 0.317 e. The van der Waals surface area contributed by atoms with E-state index < -0.39 is 0 Å². The second kappa shape index (κ2) is 7.49. The van der Waals surface area contributed by atoms with Crippen molar-refractivity contribution in [1.82, 2.24) is 20.0 Å². The molecule has 0 aliphatic carbocycles. The molecule has 0 aliphatic heterocycles. The van der Waals surface area contributed by atoms with Gasteiger partial charge in [0.15, 0.2) is 0 Å². The van der Waals surface area contributed by atoms with Crippen molar-refractivity contribution >= 4 is 6.03 Å². The number of urea groups is 1. The highest BCUT2D eigenvalue weighted by atomic mass is 16.3. The number of carbonyl (C=O) groups excluding carboxylic acids is 1. The molecule has 6 heteroatoms. The summed E-state index contributed by atoms with van der Waals surface area (Å²) in [6.07, 6.45) is 3.59. The molecular weight excluding hydrogens is 280 g/mol. The number of hydrogen-bond acceptors (Lipinski definition) is 3. The van der Waals surface area contributed by atoms with Crippen molar-refractivity contribution in [2.24, 2.45) is 0 Å². The van der Waals surface area contributed by atoms with E-state index >= 15 is 0 Å². The fraction of sp³-hybridized carbons (Fsp3) is 0.375. The van der Waals surface area contributed by atoms with Gasteiger partial charge in [0.25, 0.3) is 0 Å². The van der Waals surface area contributed by atoms with Crippen molar-refractivity contribution in [3.05, 3.63) is 48.3 Å². The Morgan fingerprint density at radius 1 is 1.41 bits per heavy atom. The number of para-hydroxylation sites is 1. The first-order chi connectivity index (χ1) is 10.6. The molecule has 0 saturated heterocycles. The van der Waals surface area contributed by atoms with Crippen molar-refractivity contribution in [2.75, 3.05) is 13.1 Å². The number of phenolic OH excluding ortho intramolecular Hbond substituents is 1. The highest BCUT2D eigenvalue weighted by Gasteiger charge is 2.16. The van der Waals surface area contributed by atoms with Gasteiger partial charge in [0.2, 0.25) is 0 Å². The van der Waals surface area contributed by atoms with Crippen molar-refractivity contribution in [2.45, 2.75) is 26.4 Å². The number of amides is 2. The topological polar surface area (TPSA) is 70.4 Å². The van der Waals surface area contributed by atoms with Crippen LogP contribution in [0.15, 0.2) is 42.7 Å². The van der Waals surface area contributed by atoms with Crippen LogP contribution in [0, 0.1) is 0 Å². The Morgan fingerprint density at radius 2 is 2.18 bits per heavy atom. The van der Waals surface area contributed by atoms with E-state index in [0.29, 0.717) is 25.2 Å². The highest BCUT2D eigenvalue weighted by molar-refractivity contribution is 5.74. The third-order valence-electron chi connectivity index (χ3n) is 3.57. The first-order valence-electron chi connectivity index (χ1n) is 7.42. The fourth-order valence-corrected chi connectivity index (χ4v) is 2.27. The summed E-state index contributed by atoms with van der Waals surface area (Å²) in [6, 6.07) is 8.48. The lowest BCUT2D eigenvalue weighted by Gasteiger charge is -2.24. The lowest BCUT2D eigenvalue weighted by molar-refractivity contribution is 0.194. The first kappa shape index (κ1) is 15.9. The SMILES string of the molecule is CCN(CCn1cccn1)C(=O)NC(C)c1ccccc1O. The average molecular weight is 302 g/mol. The van der Waals surface area contributed by atoms with Crippen LogP contribution in [0.5, 0.6) is 5.75 Å². The van der Waals surface area contributed by atoms with Gasteiger partial charge in [-0.1, -0.05) is 18.2 Å². The second-order valence-corrected chi connectivity index (χ2v) is 5.08. The summed E-state index contributed by atoms with van der Waals surface area (Å²) in [5, 5.41) is 16.9. The Kier molecular flexibility index (Phi) is 5.41. The molecule has 0 aliphatic rings. The highest BCUT2D eigenvalue weighted by Crippen LogP contribution is 2.23. The van der Waals surface area contributed by atoms with E-state index in [1.54, 1.807) is 34.0 Å². The van der Waals surface area contributed by atoms with Gasteiger partial charge in [-0.25, -0.2) is 4.79 Å². The molecule has 1 heterocycles. The second-order valence-electron chi connectivity index (χ2n) is 5.08. The summed E-state index contributed by atoms with van der Waals surface area (Å²) in [6.45, 7) is 5.64. The van der Waals surface area contributed by atoms with Crippen LogP contribution in [0.2, 0.25) is 0 Å². The molecule has 118 valence electrons. The van der Waals surface area contributed by atoms with Crippen molar-refractivity contribution in [3.8, 4) is 5.75 Å². The number of aromatic nitrogens is 2. The third kappa shape index (κ3) is 4.00. The molecular formula is C16H22N4O2. The van der Waals surface area contributed by atoms with Gasteiger partial charge in [-0.05, 0) is 26.0 Å². The lowest BCUT2D eigenvalue weighted by Crippen LogP contribution is -2.42. The number of benzene rings is 1. The summed E-state index contributed by atoms with van der Waals surface area (Å²) >= 11 is 0. The number of hydrogen-bond donors (Lipinski definition) is 2. The number of nitrogens with one attached hydrogen (secondary N) is 1. The van der Waals surface area contributed by atoms with E-state index in [-0.39, 0.29) is 17.8 Å². The first-order valence-corrected chi connectivity index (χ1v) is 7.42. The average Bonchev–Trinajstić information content (AvgIpc) is 3.01. The van der Waals surface area contributed by atoms with Gasteiger partial charge in [0, 0.05) is 31.0 Å². The predicted octanol–water partition coefficient (Wildman–Crippen LogP) is 2.38. The van der Waals surface area contributed by atoms with Crippen molar-refractivity contribution in [1.29, 1.82) is 0 Å². The monoisotopic (exact) mass is 302 g/mol. The molecule has 0 fully saturated rings. The number of aromatic hydroxyl groups is 1. The molecule has 22 heavy (non-hydrogen) atoms. The van der Waals surface area contributed by atoms with E-state index in [4.69, 9.17) is 0 Å². The Labute approximate surface area is 130 Å². The minimum Gasteiger partial charge on any atom is -0.508 e. The van der Waals surface area contributed by atoms with Gasteiger partial charge in [-0.3, -0.25) is 4.68 Å². The van der Waals surface area contributed by atoms with Crippen molar-refractivity contribution < 1.29 is 9.90 Å². The molecule has 6 nitrogen and oxygen atoms in total. The summed E-state index contributed by atoms with van der Waals surface area (Å²) in [5.41, 5.74) is 0.707. The Morgan fingerprint density at radius 3 is 2.82 bits per heavy atom. The van der Waals surface area contributed by atoms with E-state index in [2.05, 4.69) is 10.4 Å². The molecule has 2 amide bonds. The molecule has 0 radical (unpaired) electrons. The Balaban J connectivity index is 1.92. The number of rotatable bonds is 6. The summed E-state index contributed by atoms with van der Waals surface area (Å²) in [7, 11) is 0. The van der Waals surface area contributed by atoms with Crippen molar-refractivity contribution in [3.63, 3.8) is 0 Å². The van der Waals surface area contributed by atoms with Crippen LogP contribution in [-0.2, 0) is 6.54 Å². The van der Waals surface area contributed by atoms with Crippen LogP contribution in [0.25, 0.3) is 0 Å². The molecule has 1 aromatic carbocycles. The summed E-state index contributed by atoms with van der Waals surface area (Å²) < 4.78 is 1.79. The predicted molar refractivity (Wildman–Crippen MR) is 84.5 cm³/mol. The normalized spacial score (nSPS) is 11.9. The van der Waals surface area contributed by atoms with Gasteiger partial charge in [0.1, 0.15) is 5.75 Å². The number of likely N-dealkylation sites (N-methyl/N-ethyl adjacent to an activating group) is 1. The number of phenols is 1. The minimum atomic E-state index is -0.257. The van der Waals surface area contributed by atoms with Gasteiger partial charge < -0.3 is 15.3 Å². The molecule has 0 saturated carbocycles. The van der Waals surface area contributed by atoms with E-state index in [0.717, 1.165) is 0 Å². The van der Waals surface area contributed by atoms with Crippen LogP contribution in [0.3, 0.4) is 0 Å². The molecule has 1 aromatic heterocycles. The van der Waals surface area contributed by atoms with Gasteiger partial charge >= 0.3 is 6.03 Å². The van der Waals surface area contributed by atoms with Crippen LogP contribution >= 0.6 is 0 Å². The van der Waals surface area contributed by atoms with E-state index in [1.807, 2.05) is 32.2 Å². The molecule has 1 unspecified atom stereocenters. The standard InChI is InChI=1S/C16H22N4O2/c1-3-19(11-12-20-10-6-9-17-20)16(22)18-13(2)14-7-4-5-8-15(14)21/h4-10,13,21H,3,11-12H2,1-2H3,(H,18,22). The van der Waals surface area contributed by atoms with Crippen LogP contribution < -0.4 is 5.32 Å². The Bertz CT molecular complexity index is 598. The maximum atomic E-state index is 12.3. The lowest BCUT2D eigenvalue weighted by atomic mass is 10.1. The largest absolute Gasteiger partial charge is 0.508 e. The minimum absolute atomic E-state index is 0.148. The number of nitrogens with zero attached hydrogens (tertiary/aromatic N) is 3.